The van der Waals surface area contributed by atoms with Gasteiger partial charge in [-0.15, -0.1) is 13.2 Å². The molecule has 0 aliphatic heterocycles. The summed E-state index contributed by atoms with van der Waals surface area (Å²) in [5.74, 6) is 0. The molecule has 0 aromatic rings. The van der Waals surface area contributed by atoms with Gasteiger partial charge in [0.1, 0.15) is 0 Å². The average molecular weight is 201 g/mol. The topological polar surface area (TPSA) is 41.5 Å². The molecule has 0 heterocycles. The highest BCUT2D eigenvalue weighted by Gasteiger charge is 2.28. The van der Waals surface area contributed by atoms with E-state index in [1.807, 2.05) is 0 Å². The minimum Gasteiger partial charge on any atom is -0.394 e. The number of hydrogen-bond acceptors (Lipinski definition) is 3. The predicted octanol–water partition coefficient (Wildman–Crippen LogP) is 0.883. The Morgan fingerprint density at radius 1 is 1.31 bits per heavy atom. The van der Waals surface area contributed by atoms with Crippen molar-refractivity contribution >= 4 is 0 Å². The smallest absolute Gasteiger partial charge is 0.394 e. The van der Waals surface area contributed by atoms with Gasteiger partial charge in [-0.2, -0.15) is 0 Å². The van der Waals surface area contributed by atoms with Crippen molar-refractivity contribution in [1.82, 2.24) is 5.32 Å². The highest BCUT2D eigenvalue weighted by Crippen LogP contribution is 2.15. The van der Waals surface area contributed by atoms with Gasteiger partial charge in [-0.25, -0.2) is 0 Å². The lowest BCUT2D eigenvalue weighted by atomic mass is 10.1. The van der Waals surface area contributed by atoms with Crippen molar-refractivity contribution in [1.29, 1.82) is 0 Å². The van der Waals surface area contributed by atoms with Crippen LogP contribution < -0.4 is 5.32 Å². The van der Waals surface area contributed by atoms with Gasteiger partial charge >= 0.3 is 6.36 Å². The van der Waals surface area contributed by atoms with Crippen LogP contribution in [0.3, 0.4) is 0 Å². The fourth-order valence-electron chi connectivity index (χ4n) is 0.612. The van der Waals surface area contributed by atoms with E-state index in [1.165, 1.54) is 0 Å². The summed E-state index contributed by atoms with van der Waals surface area (Å²) in [4.78, 5) is 0. The highest BCUT2D eigenvalue weighted by atomic mass is 19.4. The number of aliphatic hydroxyl groups is 1. The number of alkyl halides is 3. The molecule has 0 spiro atoms. The molecule has 0 atom stereocenters. The van der Waals surface area contributed by atoms with Crippen LogP contribution in [0.25, 0.3) is 0 Å². The van der Waals surface area contributed by atoms with Crippen LogP contribution >= 0.6 is 0 Å². The maximum Gasteiger partial charge on any atom is 0.522 e. The van der Waals surface area contributed by atoms with Gasteiger partial charge < -0.3 is 10.4 Å². The van der Waals surface area contributed by atoms with Crippen LogP contribution in [0, 0.1) is 0 Å². The largest absolute Gasteiger partial charge is 0.522 e. The Kier molecular flexibility index (Phi) is 4.66. The first-order chi connectivity index (χ1) is 5.77. The summed E-state index contributed by atoms with van der Waals surface area (Å²) >= 11 is 0. The monoisotopic (exact) mass is 201 g/mol. The lowest BCUT2D eigenvalue weighted by Gasteiger charge is -2.23. The molecule has 80 valence electrons. The third-order valence-corrected chi connectivity index (χ3v) is 1.37. The van der Waals surface area contributed by atoms with Crippen LogP contribution in [0.2, 0.25) is 0 Å². The first-order valence-corrected chi connectivity index (χ1v) is 3.83. The third-order valence-electron chi connectivity index (χ3n) is 1.37. The fraction of sp³-hybridized carbons (Fsp3) is 1.00. The fourth-order valence-corrected chi connectivity index (χ4v) is 0.612. The molecule has 6 heteroatoms. The SMILES string of the molecule is CC(C)(CO)NCCOC(F)(F)F. The number of aliphatic hydroxyl groups excluding tert-OH is 1. The van der Waals surface area contributed by atoms with Gasteiger partial charge in [0.05, 0.1) is 13.2 Å². The molecule has 0 aliphatic carbocycles. The van der Waals surface area contributed by atoms with Gasteiger partial charge in [0.25, 0.3) is 0 Å². The molecule has 0 saturated carbocycles. The van der Waals surface area contributed by atoms with Crippen molar-refractivity contribution < 1.29 is 23.0 Å². The summed E-state index contributed by atoms with van der Waals surface area (Å²) in [6, 6.07) is 0. The summed E-state index contributed by atoms with van der Waals surface area (Å²) < 4.78 is 37.9. The van der Waals surface area contributed by atoms with Crippen molar-refractivity contribution in [3.63, 3.8) is 0 Å². The highest BCUT2D eigenvalue weighted by molar-refractivity contribution is 4.75. The number of rotatable bonds is 5. The van der Waals surface area contributed by atoms with Crippen LogP contribution in [0.4, 0.5) is 13.2 Å². The van der Waals surface area contributed by atoms with Crippen molar-refractivity contribution in [3.05, 3.63) is 0 Å². The van der Waals surface area contributed by atoms with Gasteiger partial charge in [0.15, 0.2) is 0 Å². The van der Waals surface area contributed by atoms with Crippen LogP contribution in [-0.2, 0) is 4.74 Å². The van der Waals surface area contributed by atoms with Gasteiger partial charge in [0.2, 0.25) is 0 Å². The summed E-state index contributed by atoms with van der Waals surface area (Å²) in [5.41, 5.74) is -0.574. The van der Waals surface area contributed by atoms with Gasteiger partial charge in [-0.3, -0.25) is 4.74 Å². The molecule has 13 heavy (non-hydrogen) atoms. The molecule has 0 aliphatic rings. The first kappa shape index (κ1) is 12.7. The molecule has 0 rings (SSSR count). The molecule has 0 fully saturated rings. The Morgan fingerprint density at radius 2 is 1.85 bits per heavy atom. The van der Waals surface area contributed by atoms with E-state index in [0.29, 0.717) is 0 Å². The number of halogens is 3. The Hall–Kier alpha value is -0.330. The Morgan fingerprint density at radius 3 is 2.23 bits per heavy atom. The summed E-state index contributed by atoms with van der Waals surface area (Å²) in [6.45, 7) is 2.82. The summed E-state index contributed by atoms with van der Waals surface area (Å²) in [5, 5.41) is 11.4. The van der Waals surface area contributed by atoms with E-state index in [1.54, 1.807) is 13.8 Å². The van der Waals surface area contributed by atoms with E-state index in [2.05, 4.69) is 10.1 Å². The standard InChI is InChI=1S/C7H14F3NO2/c1-6(2,5-12)11-3-4-13-7(8,9)10/h11-12H,3-5H2,1-2H3. The van der Waals surface area contributed by atoms with Crippen molar-refractivity contribution in [2.45, 2.75) is 25.7 Å². The second-order valence-corrected chi connectivity index (χ2v) is 3.26. The van der Waals surface area contributed by atoms with E-state index < -0.39 is 18.5 Å². The van der Waals surface area contributed by atoms with Crippen LogP contribution in [0.1, 0.15) is 13.8 Å². The second kappa shape index (κ2) is 4.78. The lowest BCUT2D eigenvalue weighted by Crippen LogP contribution is -2.44. The molecular formula is C7H14F3NO2. The van der Waals surface area contributed by atoms with Crippen molar-refractivity contribution in [2.24, 2.45) is 0 Å². The Bertz CT molecular complexity index is 147. The maximum atomic E-state index is 11.5. The minimum atomic E-state index is -4.58. The summed E-state index contributed by atoms with van der Waals surface area (Å²) in [7, 11) is 0. The second-order valence-electron chi connectivity index (χ2n) is 3.26. The molecule has 0 amide bonds. The van der Waals surface area contributed by atoms with Crippen LogP contribution in [-0.4, -0.2) is 36.8 Å². The first-order valence-electron chi connectivity index (χ1n) is 3.83. The van der Waals surface area contributed by atoms with Crippen LogP contribution in [0.15, 0.2) is 0 Å². The van der Waals surface area contributed by atoms with E-state index in [-0.39, 0.29) is 13.2 Å². The zero-order valence-electron chi connectivity index (χ0n) is 7.61. The zero-order chi connectivity index (χ0) is 10.5. The van der Waals surface area contributed by atoms with E-state index in [4.69, 9.17) is 5.11 Å². The van der Waals surface area contributed by atoms with E-state index in [9.17, 15) is 13.2 Å². The zero-order valence-corrected chi connectivity index (χ0v) is 7.61. The normalized spacial score (nSPS) is 13.4. The molecule has 2 N–H and O–H groups in total. The molecule has 0 unspecified atom stereocenters. The molecule has 0 aromatic heterocycles. The summed E-state index contributed by atoms with van der Waals surface area (Å²) in [6.07, 6.45) is -4.58. The molecule has 3 nitrogen and oxygen atoms in total. The maximum absolute atomic E-state index is 11.5. The predicted molar refractivity (Wildman–Crippen MR) is 41.2 cm³/mol. The molecular weight excluding hydrogens is 187 g/mol. The van der Waals surface area contributed by atoms with Gasteiger partial charge in [-0.1, -0.05) is 0 Å². The number of ether oxygens (including phenoxy) is 1. The van der Waals surface area contributed by atoms with E-state index >= 15 is 0 Å². The Labute approximate surface area is 74.9 Å². The number of nitrogens with one attached hydrogen (secondary N) is 1. The molecule has 0 radical (unpaired) electrons. The molecule has 0 aromatic carbocycles. The quantitative estimate of drug-likeness (QED) is 0.649. The van der Waals surface area contributed by atoms with Gasteiger partial charge in [-0.05, 0) is 13.8 Å². The number of hydrogen-bond donors (Lipinski definition) is 2. The van der Waals surface area contributed by atoms with Crippen LogP contribution in [0.5, 0.6) is 0 Å². The molecule has 0 saturated heterocycles. The third kappa shape index (κ3) is 8.01. The van der Waals surface area contributed by atoms with Crippen molar-refractivity contribution in [2.75, 3.05) is 19.8 Å². The van der Waals surface area contributed by atoms with Crippen molar-refractivity contribution in [3.8, 4) is 0 Å². The molecule has 0 bridgehead atoms. The average Bonchev–Trinajstić information content (AvgIpc) is 1.97. The van der Waals surface area contributed by atoms with E-state index in [0.717, 1.165) is 0 Å². The lowest BCUT2D eigenvalue weighted by molar-refractivity contribution is -0.323. The Balaban J connectivity index is 3.47. The minimum absolute atomic E-state index is 0.0487. The van der Waals surface area contributed by atoms with Gasteiger partial charge in [0, 0.05) is 12.1 Å².